The monoisotopic (exact) mass is 325 g/mol. The summed E-state index contributed by atoms with van der Waals surface area (Å²) in [6.07, 6.45) is -0.0224. The molecule has 2 atom stereocenters. The summed E-state index contributed by atoms with van der Waals surface area (Å²) in [5, 5.41) is 15.0. The van der Waals surface area contributed by atoms with Gasteiger partial charge < -0.3 is 15.3 Å². The van der Waals surface area contributed by atoms with Gasteiger partial charge in [0.05, 0.1) is 23.6 Å². The summed E-state index contributed by atoms with van der Waals surface area (Å²) in [6.45, 7) is 3.28. The Morgan fingerprint density at radius 1 is 1.50 bits per heavy atom. The number of aliphatic hydroxyl groups excluding tert-OH is 1. The third kappa shape index (κ3) is 4.06. The van der Waals surface area contributed by atoms with E-state index in [0.717, 1.165) is 5.56 Å². The summed E-state index contributed by atoms with van der Waals surface area (Å²) in [5.41, 5.74) is 0.950. The van der Waals surface area contributed by atoms with Crippen molar-refractivity contribution in [3.63, 3.8) is 0 Å². The molecule has 0 saturated carbocycles. The van der Waals surface area contributed by atoms with E-state index in [9.17, 15) is 14.7 Å². The van der Waals surface area contributed by atoms with Gasteiger partial charge in [0.1, 0.15) is 0 Å². The van der Waals surface area contributed by atoms with Crippen LogP contribution in [0, 0.1) is 6.92 Å². The predicted molar refractivity (Wildman–Crippen MR) is 86.1 cm³/mol. The lowest BCUT2D eigenvalue weighted by Crippen LogP contribution is -2.55. The largest absolute Gasteiger partial charge is 0.390 e. The van der Waals surface area contributed by atoms with E-state index in [2.05, 4.69) is 5.32 Å². The molecule has 22 heavy (non-hydrogen) atoms. The number of amides is 2. The van der Waals surface area contributed by atoms with Crippen LogP contribution in [0.1, 0.15) is 21.7 Å². The Hall–Kier alpha value is -1.44. The smallest absolute Gasteiger partial charge is 0.261 e. The van der Waals surface area contributed by atoms with Gasteiger partial charge in [-0.25, -0.2) is 0 Å². The Kier molecular flexibility index (Phi) is 5.55. The number of carbonyl (C=O) groups is 2. The minimum atomic E-state index is -0.659. The molecule has 1 fully saturated rings. The number of piperidine rings is 1. The summed E-state index contributed by atoms with van der Waals surface area (Å²) in [6, 6.07) is 1.64. The van der Waals surface area contributed by atoms with Crippen LogP contribution in [0.2, 0.25) is 0 Å². The van der Waals surface area contributed by atoms with Gasteiger partial charge in [-0.3, -0.25) is 14.5 Å². The Balaban J connectivity index is 1.87. The summed E-state index contributed by atoms with van der Waals surface area (Å²) < 4.78 is 0. The number of thiophene rings is 1. The third-order valence-corrected chi connectivity index (χ3v) is 4.92. The zero-order valence-corrected chi connectivity index (χ0v) is 14.0. The highest BCUT2D eigenvalue weighted by molar-refractivity contribution is 7.12. The average Bonchev–Trinajstić information content (AvgIpc) is 2.88. The highest BCUT2D eigenvalue weighted by Crippen LogP contribution is 2.17. The van der Waals surface area contributed by atoms with E-state index >= 15 is 0 Å². The van der Waals surface area contributed by atoms with Gasteiger partial charge in [-0.05, 0) is 30.4 Å². The lowest BCUT2D eigenvalue weighted by Gasteiger charge is -2.36. The van der Waals surface area contributed by atoms with Crippen molar-refractivity contribution in [1.29, 1.82) is 0 Å². The molecule has 1 aromatic rings. The van der Waals surface area contributed by atoms with Crippen molar-refractivity contribution in [2.45, 2.75) is 25.5 Å². The lowest BCUT2D eigenvalue weighted by atomic mass is 10.0. The summed E-state index contributed by atoms with van der Waals surface area (Å²) >= 11 is 1.41. The third-order valence-electron chi connectivity index (χ3n) is 3.91. The van der Waals surface area contributed by atoms with Gasteiger partial charge in [0, 0.05) is 27.2 Å². The highest BCUT2D eigenvalue weighted by atomic mass is 32.1. The van der Waals surface area contributed by atoms with Gasteiger partial charge in [0.25, 0.3) is 5.91 Å². The first-order chi connectivity index (χ1) is 10.4. The molecule has 0 aromatic carbocycles. The Bertz CT molecular complexity index is 544. The fourth-order valence-electron chi connectivity index (χ4n) is 2.48. The minimum absolute atomic E-state index is 0.0175. The summed E-state index contributed by atoms with van der Waals surface area (Å²) in [7, 11) is 3.43. The molecule has 0 radical (unpaired) electrons. The predicted octanol–water partition coefficient (Wildman–Crippen LogP) is 0.310. The molecule has 2 amide bonds. The van der Waals surface area contributed by atoms with Crippen molar-refractivity contribution >= 4 is 23.2 Å². The first-order valence-corrected chi connectivity index (χ1v) is 8.22. The molecular formula is C15H23N3O3S. The Morgan fingerprint density at radius 3 is 2.77 bits per heavy atom. The van der Waals surface area contributed by atoms with E-state index in [4.69, 9.17) is 0 Å². The van der Waals surface area contributed by atoms with Gasteiger partial charge in [0.15, 0.2) is 0 Å². The molecule has 1 aromatic heterocycles. The standard InChI is InChI=1S/C15H23N3O3S/c1-10-5-7-22-14(10)15(21)16-11-4-6-18(8-12(11)19)9-13(20)17(2)3/h5,7,11-12,19H,4,6,8-9H2,1-3H3,(H,16,21)/t11-,12-/m0/s1. The topological polar surface area (TPSA) is 72.9 Å². The number of likely N-dealkylation sites (N-methyl/N-ethyl adjacent to an activating group) is 1. The van der Waals surface area contributed by atoms with E-state index in [0.29, 0.717) is 30.9 Å². The first kappa shape index (κ1) is 16.9. The number of aryl methyl sites for hydroxylation is 1. The fraction of sp³-hybridized carbons (Fsp3) is 0.600. The highest BCUT2D eigenvalue weighted by Gasteiger charge is 2.30. The molecule has 7 heteroatoms. The molecule has 6 nitrogen and oxygen atoms in total. The molecule has 1 aliphatic heterocycles. The number of carbonyl (C=O) groups excluding carboxylic acids is 2. The van der Waals surface area contributed by atoms with Crippen molar-refractivity contribution < 1.29 is 14.7 Å². The van der Waals surface area contributed by atoms with Gasteiger partial charge in [0.2, 0.25) is 5.91 Å². The zero-order chi connectivity index (χ0) is 16.3. The van der Waals surface area contributed by atoms with Gasteiger partial charge in [-0.1, -0.05) is 0 Å². The maximum absolute atomic E-state index is 12.2. The SMILES string of the molecule is Cc1ccsc1C(=O)N[C@H]1CCN(CC(=O)N(C)C)C[C@@H]1O. The molecule has 0 bridgehead atoms. The molecule has 0 aliphatic carbocycles. The molecule has 2 N–H and O–H groups in total. The summed E-state index contributed by atoms with van der Waals surface area (Å²) in [4.78, 5) is 28.1. The van der Waals surface area contributed by atoms with Crippen LogP contribution in [0.25, 0.3) is 0 Å². The molecule has 2 rings (SSSR count). The van der Waals surface area contributed by atoms with Gasteiger partial charge in [-0.15, -0.1) is 11.3 Å². The first-order valence-electron chi connectivity index (χ1n) is 7.34. The number of likely N-dealkylation sites (tertiary alicyclic amines) is 1. The number of aliphatic hydroxyl groups is 1. The van der Waals surface area contributed by atoms with Crippen LogP contribution in [-0.4, -0.2) is 72.6 Å². The van der Waals surface area contributed by atoms with Crippen LogP contribution in [0.5, 0.6) is 0 Å². The second kappa shape index (κ2) is 7.21. The quantitative estimate of drug-likeness (QED) is 0.836. The van der Waals surface area contributed by atoms with Crippen LogP contribution in [0.3, 0.4) is 0 Å². The average molecular weight is 325 g/mol. The van der Waals surface area contributed by atoms with Crippen LogP contribution in [-0.2, 0) is 4.79 Å². The molecule has 122 valence electrons. The molecule has 2 heterocycles. The molecular weight excluding hydrogens is 302 g/mol. The van der Waals surface area contributed by atoms with Crippen molar-refractivity contribution in [2.24, 2.45) is 0 Å². The second-order valence-electron chi connectivity index (χ2n) is 5.89. The van der Waals surface area contributed by atoms with Crippen LogP contribution >= 0.6 is 11.3 Å². The van der Waals surface area contributed by atoms with Crippen LogP contribution in [0.15, 0.2) is 11.4 Å². The number of β-amino-alcohol motifs (C(OH)–C–C–N with tert-alkyl or cyclic N) is 1. The van der Waals surface area contributed by atoms with Gasteiger partial charge >= 0.3 is 0 Å². The fourth-order valence-corrected chi connectivity index (χ4v) is 3.31. The maximum Gasteiger partial charge on any atom is 0.261 e. The molecule has 0 unspecified atom stereocenters. The van der Waals surface area contributed by atoms with Crippen molar-refractivity contribution in [2.75, 3.05) is 33.7 Å². The zero-order valence-electron chi connectivity index (χ0n) is 13.2. The Morgan fingerprint density at radius 2 is 2.23 bits per heavy atom. The number of nitrogens with zero attached hydrogens (tertiary/aromatic N) is 2. The summed E-state index contributed by atoms with van der Waals surface area (Å²) in [5.74, 6) is -0.113. The Labute approximate surface area is 134 Å². The normalized spacial score (nSPS) is 22.4. The van der Waals surface area contributed by atoms with Crippen LogP contribution < -0.4 is 5.32 Å². The second-order valence-corrected chi connectivity index (χ2v) is 6.81. The minimum Gasteiger partial charge on any atom is -0.390 e. The molecule has 1 aliphatic rings. The van der Waals surface area contributed by atoms with E-state index in [1.165, 1.54) is 11.3 Å². The van der Waals surface area contributed by atoms with Crippen molar-refractivity contribution in [3.8, 4) is 0 Å². The van der Waals surface area contributed by atoms with Crippen LogP contribution in [0.4, 0.5) is 0 Å². The lowest BCUT2D eigenvalue weighted by molar-refractivity contribution is -0.130. The number of rotatable bonds is 4. The van der Waals surface area contributed by atoms with E-state index in [-0.39, 0.29) is 17.9 Å². The van der Waals surface area contributed by atoms with Crippen molar-refractivity contribution in [3.05, 3.63) is 21.9 Å². The number of nitrogens with one attached hydrogen (secondary N) is 1. The van der Waals surface area contributed by atoms with E-state index < -0.39 is 6.10 Å². The molecule has 1 saturated heterocycles. The van der Waals surface area contributed by atoms with Gasteiger partial charge in [-0.2, -0.15) is 0 Å². The van der Waals surface area contributed by atoms with Crippen molar-refractivity contribution in [1.82, 2.24) is 15.1 Å². The molecule has 0 spiro atoms. The van der Waals surface area contributed by atoms with E-state index in [1.807, 2.05) is 23.3 Å². The number of hydrogen-bond acceptors (Lipinski definition) is 5. The number of hydrogen-bond donors (Lipinski definition) is 2. The maximum atomic E-state index is 12.2. The van der Waals surface area contributed by atoms with E-state index in [1.54, 1.807) is 19.0 Å².